The number of hydrogen-bond donors (Lipinski definition) is 0. The summed E-state index contributed by atoms with van der Waals surface area (Å²) >= 11 is -7.87. The fourth-order valence-electron chi connectivity index (χ4n) is 0. The number of hydrogen-bond acceptors (Lipinski definition) is 4. The SMILES string of the molecule is F[B-](F)(F)F.F[B-](F)(F)F.O=S([O-])C(F)(F)F.O=S([O-])C(F)(F)F. The Balaban J connectivity index is -0.000000113. The third-order valence-corrected chi connectivity index (χ3v) is 1.13. The minimum absolute atomic E-state index is 3.93. The molecular formula is C2B2F14O4S2-4. The van der Waals surface area contributed by atoms with E-state index in [-0.39, 0.29) is 0 Å². The molecule has 152 valence electrons. The summed E-state index contributed by atoms with van der Waals surface area (Å²) in [5.74, 6) is 0. The van der Waals surface area contributed by atoms with E-state index in [1.54, 1.807) is 0 Å². The van der Waals surface area contributed by atoms with Gasteiger partial charge in [-0.1, -0.05) is 0 Å². The van der Waals surface area contributed by atoms with Crippen molar-refractivity contribution in [1.29, 1.82) is 0 Å². The van der Waals surface area contributed by atoms with Gasteiger partial charge in [0.1, 0.15) is 0 Å². The zero-order chi connectivity index (χ0) is 21.2. The topological polar surface area (TPSA) is 80.3 Å². The van der Waals surface area contributed by atoms with Crippen LogP contribution in [0.15, 0.2) is 0 Å². The van der Waals surface area contributed by atoms with Crippen LogP contribution in [0.3, 0.4) is 0 Å². The smallest absolute Gasteiger partial charge is 0.673 e. The molecule has 2 atom stereocenters. The molecule has 0 spiro atoms. The predicted molar refractivity (Wildman–Crippen MR) is 50.3 cm³/mol. The molecule has 0 aliphatic carbocycles. The van der Waals surface area contributed by atoms with E-state index in [0.29, 0.717) is 0 Å². The fourth-order valence-corrected chi connectivity index (χ4v) is 0. The fraction of sp³-hybridized carbons (Fsp3) is 1.00. The van der Waals surface area contributed by atoms with Crippen molar-refractivity contribution < 1.29 is 78.4 Å². The number of halogens is 14. The van der Waals surface area contributed by atoms with Gasteiger partial charge in [-0.05, 0) is 0 Å². The summed E-state index contributed by atoms with van der Waals surface area (Å²) in [5, 5.41) is 0. The second-order valence-electron chi connectivity index (χ2n) is 2.35. The maximum Gasteiger partial charge on any atom is 0.673 e. The van der Waals surface area contributed by atoms with Gasteiger partial charge >= 0.3 is 25.5 Å². The van der Waals surface area contributed by atoms with Crippen LogP contribution >= 0.6 is 0 Å². The van der Waals surface area contributed by atoms with Gasteiger partial charge in [0, 0.05) is 0 Å². The second kappa shape index (κ2) is 11.8. The monoisotopic (exact) mass is 440 g/mol. The van der Waals surface area contributed by atoms with E-state index < -0.39 is 47.7 Å². The van der Waals surface area contributed by atoms with Crippen LogP contribution in [0.1, 0.15) is 0 Å². The Morgan fingerprint density at radius 1 is 0.542 bits per heavy atom. The molecule has 22 heteroatoms. The molecule has 0 fully saturated rings. The van der Waals surface area contributed by atoms with Crippen molar-refractivity contribution in [2.45, 2.75) is 11.0 Å². The van der Waals surface area contributed by atoms with Gasteiger partial charge in [-0.15, -0.1) is 0 Å². The van der Waals surface area contributed by atoms with E-state index in [0.717, 1.165) is 0 Å². The Kier molecular flexibility index (Phi) is 15.4. The summed E-state index contributed by atoms with van der Waals surface area (Å²) in [6, 6.07) is 0. The first-order valence-electron chi connectivity index (χ1n) is 3.95. The second-order valence-corrected chi connectivity index (χ2v) is 4.22. The van der Waals surface area contributed by atoms with Crippen molar-refractivity contribution in [2.75, 3.05) is 0 Å². The Hall–Kier alpha value is -0.630. The predicted octanol–water partition coefficient (Wildman–Crippen LogP) is 3.37. The highest BCUT2D eigenvalue weighted by Crippen LogP contribution is 2.17. The Morgan fingerprint density at radius 3 is 0.583 bits per heavy atom. The summed E-state index contributed by atoms with van der Waals surface area (Å²) in [5.41, 5.74) is -10.2. The normalized spacial score (nSPS) is 14.7. The van der Waals surface area contributed by atoms with Crippen molar-refractivity contribution in [3.05, 3.63) is 0 Å². The molecule has 0 radical (unpaired) electrons. The minimum Gasteiger partial charge on any atom is -0.766 e. The summed E-state index contributed by atoms with van der Waals surface area (Å²) < 4.78 is 177. The van der Waals surface area contributed by atoms with Crippen LogP contribution in [0.2, 0.25) is 0 Å². The number of rotatable bonds is 0. The average molecular weight is 440 g/mol. The molecule has 0 rings (SSSR count). The van der Waals surface area contributed by atoms with E-state index in [9.17, 15) is 60.9 Å². The highest BCUT2D eigenvalue weighted by atomic mass is 32.2. The van der Waals surface area contributed by atoms with Gasteiger partial charge in [0.05, 0.1) is 22.2 Å². The van der Waals surface area contributed by atoms with Crippen LogP contribution in [0.25, 0.3) is 0 Å². The Labute approximate surface area is 127 Å². The maximum atomic E-state index is 10.6. The molecule has 24 heavy (non-hydrogen) atoms. The lowest BCUT2D eigenvalue weighted by atomic mass is 10.3. The Bertz CT molecular complexity index is 321. The molecule has 4 nitrogen and oxygen atoms in total. The molecule has 0 aromatic rings. The summed E-state index contributed by atoms with van der Waals surface area (Å²) in [6.45, 7) is 0. The van der Waals surface area contributed by atoms with E-state index >= 15 is 0 Å². The average Bonchev–Trinajstić information content (AvgIpc) is 2.08. The third-order valence-electron chi connectivity index (χ3n) is 0.378. The third kappa shape index (κ3) is 68.6. The largest absolute Gasteiger partial charge is 0.766 e. The van der Waals surface area contributed by atoms with Crippen molar-refractivity contribution in [2.24, 2.45) is 0 Å². The van der Waals surface area contributed by atoms with Gasteiger partial charge in [-0.25, -0.2) is 0 Å². The molecular weight excluding hydrogens is 440 g/mol. The van der Waals surface area contributed by atoms with E-state index in [1.807, 2.05) is 0 Å². The first-order valence-corrected chi connectivity index (χ1v) is 6.10. The van der Waals surface area contributed by atoms with Gasteiger partial charge < -0.3 is 43.6 Å². The molecule has 2 unspecified atom stereocenters. The van der Waals surface area contributed by atoms with Crippen LogP contribution in [0.4, 0.5) is 60.9 Å². The van der Waals surface area contributed by atoms with Gasteiger partial charge in [0.25, 0.3) is 0 Å². The summed E-state index contributed by atoms with van der Waals surface area (Å²) in [4.78, 5) is 0. The van der Waals surface area contributed by atoms with E-state index in [2.05, 4.69) is 0 Å². The van der Waals surface area contributed by atoms with Crippen LogP contribution in [-0.2, 0) is 22.2 Å². The molecule has 0 saturated heterocycles. The maximum absolute atomic E-state index is 10.6. The van der Waals surface area contributed by atoms with Gasteiger partial charge in [-0.2, -0.15) is 26.3 Å². The lowest BCUT2D eigenvalue weighted by molar-refractivity contribution is -0.0458. The molecule has 0 aromatic carbocycles. The molecule has 0 aliphatic heterocycles. The standard InChI is InChI=1S/2CHF3O2S.2BF4/c2*2-1(3,4)7(5)6;2*2-1(3,4)5/h2*(H,5,6);;/q;;2*-1/p-2. The summed E-state index contributed by atoms with van der Waals surface area (Å²) in [7, 11) is -12.0. The number of alkyl halides is 6. The van der Waals surface area contributed by atoms with E-state index in [1.165, 1.54) is 0 Å². The highest BCUT2D eigenvalue weighted by Gasteiger charge is 2.29. The van der Waals surface area contributed by atoms with Crippen LogP contribution in [0, 0.1) is 0 Å². The van der Waals surface area contributed by atoms with E-state index in [4.69, 9.17) is 17.5 Å². The van der Waals surface area contributed by atoms with Crippen molar-refractivity contribution in [3.63, 3.8) is 0 Å². The Morgan fingerprint density at radius 2 is 0.583 bits per heavy atom. The molecule has 0 aliphatic rings. The molecule has 0 saturated carbocycles. The molecule has 0 amide bonds. The molecule has 0 aromatic heterocycles. The van der Waals surface area contributed by atoms with Crippen molar-refractivity contribution >= 4 is 36.7 Å². The minimum atomic E-state index is -6.00. The van der Waals surface area contributed by atoms with Crippen molar-refractivity contribution in [1.82, 2.24) is 0 Å². The highest BCUT2D eigenvalue weighted by molar-refractivity contribution is 7.80. The van der Waals surface area contributed by atoms with Gasteiger partial charge in [0.2, 0.25) is 0 Å². The zero-order valence-corrected chi connectivity index (χ0v) is 11.5. The van der Waals surface area contributed by atoms with Crippen molar-refractivity contribution in [3.8, 4) is 0 Å². The van der Waals surface area contributed by atoms with Crippen LogP contribution < -0.4 is 0 Å². The lowest BCUT2D eigenvalue weighted by Crippen LogP contribution is -2.14. The van der Waals surface area contributed by atoms with Gasteiger partial charge in [-0.3, -0.25) is 8.42 Å². The van der Waals surface area contributed by atoms with Crippen LogP contribution in [-0.4, -0.2) is 43.0 Å². The molecule has 0 heterocycles. The first kappa shape index (κ1) is 31.2. The molecule has 0 bridgehead atoms. The quantitative estimate of drug-likeness (QED) is 0.329. The lowest BCUT2D eigenvalue weighted by Gasteiger charge is -2.06. The summed E-state index contributed by atoms with van der Waals surface area (Å²) in [6.07, 6.45) is 0. The van der Waals surface area contributed by atoms with Gasteiger partial charge in [0.15, 0.2) is 0 Å². The zero-order valence-electron chi connectivity index (χ0n) is 9.90. The molecule has 0 N–H and O–H groups in total. The van der Waals surface area contributed by atoms with Crippen LogP contribution in [0.5, 0.6) is 0 Å². The first-order chi connectivity index (χ1) is 9.89.